The Balaban J connectivity index is 1.82. The molecular weight excluding hydrogens is 332 g/mol. The molecule has 1 unspecified atom stereocenters. The van der Waals surface area contributed by atoms with Crippen LogP contribution in [0.15, 0.2) is 28.6 Å². The predicted molar refractivity (Wildman–Crippen MR) is 94.6 cm³/mol. The number of amides is 1. The van der Waals surface area contributed by atoms with Crippen LogP contribution >= 0.6 is 23.1 Å². The quantitative estimate of drug-likeness (QED) is 0.712. The number of aryl methyl sites for hydroxylation is 1. The number of rotatable bonds is 8. The highest BCUT2D eigenvalue weighted by atomic mass is 32.2. The van der Waals surface area contributed by atoms with E-state index in [0.29, 0.717) is 17.5 Å². The van der Waals surface area contributed by atoms with Crippen molar-refractivity contribution in [3.05, 3.63) is 29.8 Å². The van der Waals surface area contributed by atoms with Crippen molar-refractivity contribution < 1.29 is 9.53 Å². The molecule has 2 N–H and O–H groups in total. The molecule has 1 aromatic carbocycles. The average molecular weight is 352 g/mol. The molecule has 0 aliphatic heterocycles. The molecule has 1 atom stereocenters. The fraction of sp³-hybridized carbons (Fsp3) is 0.400. The van der Waals surface area contributed by atoms with E-state index in [-0.39, 0.29) is 11.9 Å². The topological polar surface area (TPSA) is 76.1 Å². The van der Waals surface area contributed by atoms with Gasteiger partial charge >= 0.3 is 0 Å². The first-order valence-electron chi connectivity index (χ1n) is 7.15. The second kappa shape index (κ2) is 8.85. The van der Waals surface area contributed by atoms with E-state index in [9.17, 15) is 4.79 Å². The molecule has 0 saturated heterocycles. The van der Waals surface area contributed by atoms with E-state index in [2.05, 4.69) is 20.8 Å². The van der Waals surface area contributed by atoms with Crippen molar-refractivity contribution >= 4 is 39.8 Å². The molecule has 1 aromatic heterocycles. The summed E-state index contributed by atoms with van der Waals surface area (Å²) in [4.78, 5) is 11.8. The molecule has 0 saturated carbocycles. The largest absolute Gasteiger partial charge is 0.383 e. The predicted octanol–water partition coefficient (Wildman–Crippen LogP) is 2.83. The first kappa shape index (κ1) is 17.7. The van der Waals surface area contributed by atoms with E-state index in [0.717, 1.165) is 10.0 Å². The lowest BCUT2D eigenvalue weighted by Gasteiger charge is -2.11. The number of methoxy groups -OCH3 is 1. The van der Waals surface area contributed by atoms with Crippen LogP contribution in [-0.4, -0.2) is 41.6 Å². The third kappa shape index (κ3) is 6.17. The fourth-order valence-corrected chi connectivity index (χ4v) is 3.48. The Hall–Kier alpha value is -1.64. The molecule has 2 rings (SSSR count). The minimum absolute atomic E-state index is 0.000989. The number of hydrogen-bond donors (Lipinski definition) is 2. The Labute approximate surface area is 144 Å². The number of nitrogens with one attached hydrogen (secondary N) is 2. The van der Waals surface area contributed by atoms with Gasteiger partial charge in [-0.2, -0.15) is 0 Å². The Morgan fingerprint density at radius 3 is 3.00 bits per heavy atom. The number of carbonyl (C=O) groups is 1. The van der Waals surface area contributed by atoms with E-state index in [4.69, 9.17) is 4.74 Å². The number of carbonyl (C=O) groups excluding carboxylic acids is 1. The summed E-state index contributed by atoms with van der Waals surface area (Å²) < 4.78 is 5.74. The van der Waals surface area contributed by atoms with Crippen molar-refractivity contribution in [1.29, 1.82) is 0 Å². The van der Waals surface area contributed by atoms with Gasteiger partial charge in [-0.05, 0) is 31.5 Å². The molecule has 23 heavy (non-hydrogen) atoms. The SMILES string of the molecule is COCC(C)NC(=O)CSc1nnc(Nc2cccc(C)c2)s1. The number of aromatic nitrogens is 2. The van der Waals surface area contributed by atoms with Crippen molar-refractivity contribution in [1.82, 2.24) is 15.5 Å². The van der Waals surface area contributed by atoms with Gasteiger partial charge in [-0.25, -0.2) is 0 Å². The summed E-state index contributed by atoms with van der Waals surface area (Å²) in [6, 6.07) is 8.04. The highest BCUT2D eigenvalue weighted by molar-refractivity contribution is 8.01. The fourth-order valence-electron chi connectivity index (χ4n) is 1.90. The molecule has 0 bridgehead atoms. The maximum atomic E-state index is 11.8. The summed E-state index contributed by atoms with van der Waals surface area (Å²) in [6.45, 7) is 4.44. The molecule has 0 aliphatic rings. The van der Waals surface area contributed by atoms with Gasteiger partial charge in [-0.3, -0.25) is 4.79 Å². The van der Waals surface area contributed by atoms with Crippen molar-refractivity contribution in [2.24, 2.45) is 0 Å². The van der Waals surface area contributed by atoms with Gasteiger partial charge in [0.25, 0.3) is 0 Å². The van der Waals surface area contributed by atoms with Gasteiger partial charge in [-0.15, -0.1) is 10.2 Å². The lowest BCUT2D eigenvalue weighted by Crippen LogP contribution is -2.36. The summed E-state index contributed by atoms with van der Waals surface area (Å²) >= 11 is 2.80. The van der Waals surface area contributed by atoms with Crippen LogP contribution in [0.2, 0.25) is 0 Å². The van der Waals surface area contributed by atoms with Crippen molar-refractivity contribution in [3.8, 4) is 0 Å². The zero-order valence-electron chi connectivity index (χ0n) is 13.3. The lowest BCUT2D eigenvalue weighted by molar-refractivity contribution is -0.119. The summed E-state index contributed by atoms with van der Waals surface area (Å²) in [6.07, 6.45) is 0. The Kier molecular flexibility index (Phi) is 6.82. The molecule has 0 spiro atoms. The highest BCUT2D eigenvalue weighted by Crippen LogP contribution is 2.27. The van der Waals surface area contributed by atoms with E-state index in [1.807, 2.05) is 38.1 Å². The molecule has 8 heteroatoms. The summed E-state index contributed by atoms with van der Waals surface area (Å²) in [5, 5.41) is 15.0. The monoisotopic (exact) mass is 352 g/mol. The summed E-state index contributed by atoms with van der Waals surface area (Å²) in [7, 11) is 1.61. The van der Waals surface area contributed by atoms with Crippen molar-refractivity contribution in [3.63, 3.8) is 0 Å². The zero-order valence-corrected chi connectivity index (χ0v) is 15.0. The Bertz CT molecular complexity index is 648. The third-order valence-corrected chi connectivity index (χ3v) is 4.80. The van der Waals surface area contributed by atoms with E-state index in [1.54, 1.807) is 7.11 Å². The van der Waals surface area contributed by atoms with E-state index in [1.165, 1.54) is 28.7 Å². The van der Waals surface area contributed by atoms with Crippen molar-refractivity contribution in [2.75, 3.05) is 24.8 Å². The van der Waals surface area contributed by atoms with Crippen molar-refractivity contribution in [2.45, 2.75) is 24.2 Å². The molecular formula is C15H20N4O2S2. The number of thioether (sulfide) groups is 1. The van der Waals surface area contributed by atoms with Gasteiger partial charge in [0, 0.05) is 18.8 Å². The number of anilines is 2. The molecule has 1 heterocycles. The number of ether oxygens (including phenoxy) is 1. The van der Waals surface area contributed by atoms with Crippen LogP contribution in [0.4, 0.5) is 10.8 Å². The maximum Gasteiger partial charge on any atom is 0.230 e. The molecule has 124 valence electrons. The highest BCUT2D eigenvalue weighted by Gasteiger charge is 2.10. The number of hydrogen-bond acceptors (Lipinski definition) is 7. The molecule has 1 amide bonds. The zero-order chi connectivity index (χ0) is 16.7. The van der Waals surface area contributed by atoms with Gasteiger partial charge in [0.2, 0.25) is 11.0 Å². The molecule has 0 aliphatic carbocycles. The number of nitrogens with zero attached hydrogens (tertiary/aromatic N) is 2. The first-order chi connectivity index (χ1) is 11.1. The van der Waals surface area contributed by atoms with E-state index >= 15 is 0 Å². The minimum Gasteiger partial charge on any atom is -0.383 e. The van der Waals surface area contributed by atoms with Crippen LogP contribution in [0.3, 0.4) is 0 Å². The second-order valence-electron chi connectivity index (χ2n) is 5.08. The van der Waals surface area contributed by atoms with Crippen LogP contribution in [0.25, 0.3) is 0 Å². The summed E-state index contributed by atoms with van der Waals surface area (Å²) in [5.41, 5.74) is 2.15. The van der Waals surface area contributed by atoms with Crippen LogP contribution in [0.1, 0.15) is 12.5 Å². The van der Waals surface area contributed by atoms with E-state index < -0.39 is 0 Å². The molecule has 6 nitrogen and oxygen atoms in total. The maximum absolute atomic E-state index is 11.8. The molecule has 2 aromatic rings. The second-order valence-corrected chi connectivity index (χ2v) is 7.28. The van der Waals surface area contributed by atoms with Gasteiger partial charge in [0.05, 0.1) is 12.4 Å². The Morgan fingerprint density at radius 1 is 1.43 bits per heavy atom. The van der Waals surface area contributed by atoms with Gasteiger partial charge in [0.15, 0.2) is 4.34 Å². The smallest absolute Gasteiger partial charge is 0.230 e. The van der Waals surface area contributed by atoms with Gasteiger partial charge in [0.1, 0.15) is 0 Å². The standard InChI is InChI=1S/C15H20N4O2S2/c1-10-5-4-6-12(7-10)17-14-18-19-15(23-14)22-9-13(20)16-11(2)8-21-3/h4-7,11H,8-9H2,1-3H3,(H,16,20)(H,17,18). The lowest BCUT2D eigenvalue weighted by atomic mass is 10.2. The molecule has 0 radical (unpaired) electrons. The van der Waals surface area contributed by atoms with Gasteiger partial charge in [-0.1, -0.05) is 35.2 Å². The van der Waals surface area contributed by atoms with Gasteiger partial charge < -0.3 is 15.4 Å². The Morgan fingerprint density at radius 2 is 2.26 bits per heavy atom. The minimum atomic E-state index is -0.0389. The van der Waals surface area contributed by atoms with Crippen LogP contribution < -0.4 is 10.6 Å². The molecule has 0 fully saturated rings. The summed E-state index contributed by atoms with van der Waals surface area (Å²) in [5.74, 6) is 0.274. The normalized spacial score (nSPS) is 12.0. The number of benzene rings is 1. The van der Waals surface area contributed by atoms with Crippen LogP contribution in [0, 0.1) is 6.92 Å². The average Bonchev–Trinajstić information content (AvgIpc) is 2.93. The van der Waals surface area contributed by atoms with Crippen LogP contribution in [0.5, 0.6) is 0 Å². The third-order valence-electron chi connectivity index (χ3n) is 2.83. The first-order valence-corrected chi connectivity index (χ1v) is 8.95. The van der Waals surface area contributed by atoms with Crippen LogP contribution in [-0.2, 0) is 9.53 Å².